The van der Waals surface area contributed by atoms with E-state index in [-0.39, 0.29) is 31.5 Å². The van der Waals surface area contributed by atoms with Gasteiger partial charge in [0.05, 0.1) is 18.5 Å². The lowest BCUT2D eigenvalue weighted by Gasteiger charge is -2.07. The number of hydrogen-bond donors (Lipinski definition) is 4. The van der Waals surface area contributed by atoms with Crippen molar-refractivity contribution in [1.82, 2.24) is 10.6 Å². The molecule has 0 rings (SSSR count). The van der Waals surface area contributed by atoms with E-state index < -0.39 is 12.0 Å². The van der Waals surface area contributed by atoms with Crippen molar-refractivity contribution in [1.29, 1.82) is 0 Å². The van der Waals surface area contributed by atoms with Crippen molar-refractivity contribution < 1.29 is 19.5 Å². The van der Waals surface area contributed by atoms with E-state index in [2.05, 4.69) is 23.3 Å². The molecule has 0 heterocycles. The molecule has 0 aliphatic heterocycles. The van der Waals surface area contributed by atoms with Gasteiger partial charge in [0.2, 0.25) is 0 Å². The van der Waals surface area contributed by atoms with Crippen LogP contribution in [-0.2, 0) is 14.4 Å². The lowest BCUT2D eigenvalue weighted by Crippen LogP contribution is -2.34. The Balaban J connectivity index is -0.000000262. The molecule has 0 unspecified atom stereocenters. The van der Waals surface area contributed by atoms with Crippen molar-refractivity contribution in [2.24, 2.45) is 0 Å². The molecule has 114 valence electrons. The minimum atomic E-state index is -0.963. The average Bonchev–Trinajstić information content (AvgIpc) is 2.27. The molecule has 0 aromatic heterocycles. The summed E-state index contributed by atoms with van der Waals surface area (Å²) in [5.41, 5.74) is 0. The number of likely N-dealkylation sites (N-methyl/N-ethyl adjacent to an activating group) is 2. The van der Waals surface area contributed by atoms with Gasteiger partial charge in [-0.1, -0.05) is 7.43 Å². The Morgan fingerprint density at radius 2 is 1.42 bits per heavy atom. The first kappa shape index (κ1) is 23.2. The Morgan fingerprint density at radius 3 is 1.47 bits per heavy atom. The number of nitrogens with one attached hydrogen (secondary N) is 2. The van der Waals surface area contributed by atoms with E-state index in [0.717, 1.165) is 0 Å². The van der Waals surface area contributed by atoms with E-state index in [9.17, 15) is 14.4 Å². The van der Waals surface area contributed by atoms with Crippen molar-refractivity contribution in [3.63, 3.8) is 0 Å². The molecule has 0 spiro atoms. The highest BCUT2D eigenvalue weighted by molar-refractivity contribution is 7.80. The van der Waals surface area contributed by atoms with E-state index in [1.807, 2.05) is 0 Å². The smallest absolute Gasteiger partial charge is 0.305 e. The molecule has 0 aliphatic rings. The summed E-state index contributed by atoms with van der Waals surface area (Å²) >= 11 is 3.95. The summed E-state index contributed by atoms with van der Waals surface area (Å²) in [5, 5.41) is 13.7. The van der Waals surface area contributed by atoms with Crippen molar-refractivity contribution in [3.05, 3.63) is 0 Å². The zero-order valence-corrected chi connectivity index (χ0v) is 12.1. The third-order valence-corrected chi connectivity index (χ3v) is 2.60. The lowest BCUT2D eigenvalue weighted by atomic mass is 10.1. The van der Waals surface area contributed by atoms with E-state index >= 15 is 0 Å². The van der Waals surface area contributed by atoms with Gasteiger partial charge in [-0.05, 0) is 27.9 Å². The van der Waals surface area contributed by atoms with Crippen LogP contribution in [0.2, 0.25) is 0 Å². The number of carboxylic acid groups (broad SMARTS) is 1. The fourth-order valence-electron chi connectivity index (χ4n) is 1.05. The molecule has 0 radical (unpaired) electrons. The molecule has 0 saturated carbocycles. The van der Waals surface area contributed by atoms with Crippen LogP contribution in [0.5, 0.6) is 0 Å². The average molecular weight is 294 g/mol. The Kier molecular flexibility index (Phi) is 16.5. The largest absolute Gasteiger partial charge is 0.481 e. The molecular weight excluding hydrogens is 268 g/mol. The van der Waals surface area contributed by atoms with Crippen LogP contribution in [0, 0.1) is 0 Å². The highest BCUT2D eigenvalue weighted by Crippen LogP contribution is 1.91. The van der Waals surface area contributed by atoms with Gasteiger partial charge >= 0.3 is 5.97 Å². The predicted octanol–water partition coefficient (Wildman–Crippen LogP) is 0.367. The second-order valence-corrected chi connectivity index (χ2v) is 4.05. The minimum absolute atomic E-state index is 0. The van der Waals surface area contributed by atoms with Crippen LogP contribution in [0.4, 0.5) is 0 Å². The highest BCUT2D eigenvalue weighted by Gasteiger charge is 2.14. The van der Waals surface area contributed by atoms with Gasteiger partial charge in [-0.25, -0.2) is 0 Å². The van der Waals surface area contributed by atoms with Crippen LogP contribution in [0.15, 0.2) is 0 Å². The first-order valence-corrected chi connectivity index (χ1v) is 6.11. The molecule has 0 aromatic carbocycles. The van der Waals surface area contributed by atoms with Gasteiger partial charge in [0, 0.05) is 5.75 Å². The molecule has 0 fully saturated rings. The van der Waals surface area contributed by atoms with Gasteiger partial charge in [0.1, 0.15) is 11.6 Å². The SMILES string of the molecule is C.CN[C@@H](CC(=O)O)C(C)=O.CN[C@@H](CS)C(C)=O. The maximum Gasteiger partial charge on any atom is 0.305 e. The first-order chi connectivity index (χ1) is 8.29. The van der Waals surface area contributed by atoms with E-state index in [0.29, 0.717) is 5.75 Å². The molecular formula is C12H26N2O4S. The molecule has 19 heavy (non-hydrogen) atoms. The summed E-state index contributed by atoms with van der Waals surface area (Å²) in [7, 11) is 3.32. The van der Waals surface area contributed by atoms with Crippen LogP contribution < -0.4 is 10.6 Å². The van der Waals surface area contributed by atoms with Gasteiger partial charge in [0.15, 0.2) is 0 Å². The summed E-state index contributed by atoms with van der Waals surface area (Å²) in [5.74, 6) is -0.395. The zero-order chi connectivity index (χ0) is 14.7. The van der Waals surface area contributed by atoms with E-state index in [1.54, 1.807) is 21.0 Å². The number of ketones is 2. The third-order valence-electron chi connectivity index (χ3n) is 2.24. The molecule has 0 bridgehead atoms. The maximum atomic E-state index is 10.6. The quantitative estimate of drug-likeness (QED) is 0.507. The van der Waals surface area contributed by atoms with Crippen molar-refractivity contribution in [2.45, 2.75) is 39.8 Å². The van der Waals surface area contributed by atoms with Crippen LogP contribution in [-0.4, -0.2) is 54.6 Å². The Labute approximate surface area is 120 Å². The molecule has 0 saturated heterocycles. The van der Waals surface area contributed by atoms with Crippen LogP contribution in [0.1, 0.15) is 27.7 Å². The van der Waals surface area contributed by atoms with Crippen LogP contribution in [0.25, 0.3) is 0 Å². The van der Waals surface area contributed by atoms with E-state index in [4.69, 9.17) is 5.11 Å². The monoisotopic (exact) mass is 294 g/mol. The van der Waals surface area contributed by atoms with Gasteiger partial charge in [-0.2, -0.15) is 12.6 Å². The predicted molar refractivity (Wildman–Crippen MR) is 79.9 cm³/mol. The highest BCUT2D eigenvalue weighted by atomic mass is 32.1. The molecule has 2 atom stereocenters. The lowest BCUT2D eigenvalue weighted by molar-refractivity contribution is -0.139. The number of thiol groups is 1. The number of carbonyl (C=O) groups excluding carboxylic acids is 2. The summed E-state index contributed by atoms with van der Waals surface area (Å²) in [4.78, 5) is 31.2. The molecule has 6 nitrogen and oxygen atoms in total. The summed E-state index contributed by atoms with van der Waals surface area (Å²) in [6.07, 6.45) is -0.147. The van der Waals surface area contributed by atoms with Crippen molar-refractivity contribution >= 4 is 30.2 Å². The third kappa shape index (κ3) is 13.3. The minimum Gasteiger partial charge on any atom is -0.481 e. The molecule has 0 amide bonds. The normalized spacial score (nSPS) is 12.3. The number of hydrogen-bond acceptors (Lipinski definition) is 6. The molecule has 0 aliphatic carbocycles. The summed E-state index contributed by atoms with van der Waals surface area (Å²) < 4.78 is 0. The number of carboxylic acids is 1. The second kappa shape index (κ2) is 13.5. The second-order valence-electron chi connectivity index (χ2n) is 3.68. The molecule has 0 aromatic rings. The van der Waals surface area contributed by atoms with Crippen molar-refractivity contribution in [2.75, 3.05) is 19.8 Å². The molecule has 7 heteroatoms. The number of Topliss-reactive ketones (excluding diaryl/α,β-unsaturated/α-hetero) is 2. The Morgan fingerprint density at radius 1 is 1.05 bits per heavy atom. The van der Waals surface area contributed by atoms with Gasteiger partial charge < -0.3 is 15.7 Å². The molecule has 3 N–H and O–H groups in total. The number of carbonyl (C=O) groups is 3. The number of rotatable bonds is 7. The first-order valence-electron chi connectivity index (χ1n) is 5.48. The van der Waals surface area contributed by atoms with E-state index in [1.165, 1.54) is 6.92 Å². The zero-order valence-electron chi connectivity index (χ0n) is 11.2. The topological polar surface area (TPSA) is 95.5 Å². The fourth-order valence-corrected chi connectivity index (χ4v) is 1.49. The van der Waals surface area contributed by atoms with Crippen molar-refractivity contribution in [3.8, 4) is 0 Å². The summed E-state index contributed by atoms with van der Waals surface area (Å²) in [6, 6.07) is -0.615. The maximum absolute atomic E-state index is 10.6. The fraction of sp³-hybridized carbons (Fsp3) is 0.750. The standard InChI is InChI=1S/C6H11NO3.C5H11NOS.CH4/c1-4(8)5(7-2)3-6(9)10;1-4(7)5(3-8)6-2;/h5,7H,3H2,1-2H3,(H,9,10);5-6,8H,3H2,1-2H3;1H4/t2*5-;/m00./s1. The Hall–Kier alpha value is -0.920. The Bertz CT molecular complexity index is 281. The number of aliphatic carboxylic acids is 1. The van der Waals surface area contributed by atoms with Gasteiger partial charge in [-0.3, -0.25) is 14.4 Å². The van der Waals surface area contributed by atoms with Gasteiger partial charge in [-0.15, -0.1) is 0 Å². The van der Waals surface area contributed by atoms with Crippen LogP contribution >= 0.6 is 12.6 Å². The van der Waals surface area contributed by atoms with Gasteiger partial charge in [0.25, 0.3) is 0 Å². The van der Waals surface area contributed by atoms with Crippen LogP contribution in [0.3, 0.4) is 0 Å². The summed E-state index contributed by atoms with van der Waals surface area (Å²) in [6.45, 7) is 2.92.